The van der Waals surface area contributed by atoms with Crippen LogP contribution in [0.25, 0.3) is 0 Å². The third kappa shape index (κ3) is 5.94. The maximum absolute atomic E-state index is 10.4. The van der Waals surface area contributed by atoms with E-state index in [2.05, 4.69) is 9.98 Å². The van der Waals surface area contributed by atoms with Crippen molar-refractivity contribution < 1.29 is 37.4 Å². The molecule has 4 rings (SSSR count). The van der Waals surface area contributed by atoms with Crippen molar-refractivity contribution in [2.24, 2.45) is 15.9 Å². The predicted molar refractivity (Wildman–Crippen MR) is 112 cm³/mol. The Balaban J connectivity index is 1.33. The second-order valence-electron chi connectivity index (χ2n) is 7.90. The zero-order valence-electron chi connectivity index (χ0n) is 18.0. The lowest BCUT2D eigenvalue weighted by molar-refractivity contribution is -0.0813. The highest BCUT2D eigenvalue weighted by molar-refractivity contribution is 5.33. The lowest BCUT2D eigenvalue weighted by Gasteiger charge is -2.22. The zero-order chi connectivity index (χ0) is 22.9. The molecule has 0 radical (unpaired) electrons. The second-order valence-corrected chi connectivity index (χ2v) is 7.90. The molecule has 2 aliphatic rings. The number of ether oxygens (including phenoxy) is 4. The van der Waals surface area contributed by atoms with Gasteiger partial charge < -0.3 is 27.8 Å². The van der Waals surface area contributed by atoms with E-state index in [0.29, 0.717) is 50.7 Å². The van der Waals surface area contributed by atoms with E-state index in [-0.39, 0.29) is 43.0 Å². The molecule has 2 aromatic rings. The van der Waals surface area contributed by atoms with Gasteiger partial charge in [0.25, 0.3) is 0 Å². The number of aliphatic imine (C=N–C) groups is 2. The van der Waals surface area contributed by atoms with Gasteiger partial charge >= 0.3 is 0 Å². The Morgan fingerprint density at radius 1 is 0.909 bits per heavy atom. The van der Waals surface area contributed by atoms with Gasteiger partial charge in [0.1, 0.15) is 35.9 Å². The monoisotopic (exact) mass is 458 g/mol. The van der Waals surface area contributed by atoms with Crippen LogP contribution in [0.2, 0.25) is 0 Å². The molecule has 0 aliphatic carbocycles. The van der Waals surface area contributed by atoms with Crippen LogP contribution in [0.3, 0.4) is 0 Å². The van der Waals surface area contributed by atoms with Gasteiger partial charge in [0.05, 0.1) is 51.5 Å². The molecule has 33 heavy (non-hydrogen) atoms. The molecular weight excluding hydrogens is 432 g/mol. The van der Waals surface area contributed by atoms with Crippen LogP contribution in [-0.4, -0.2) is 63.4 Å². The highest BCUT2D eigenvalue weighted by Gasteiger charge is 2.49. The minimum absolute atomic E-state index is 0.0253. The average Bonchev–Trinajstić information content (AvgIpc) is 3.62. The highest BCUT2D eigenvalue weighted by Crippen LogP contribution is 2.37. The van der Waals surface area contributed by atoms with Gasteiger partial charge in [0.2, 0.25) is 12.2 Å². The number of rotatable bonds is 13. The molecule has 176 valence electrons. The van der Waals surface area contributed by atoms with E-state index in [4.69, 9.17) is 27.8 Å². The molecule has 2 saturated heterocycles. The number of nitrogens with zero attached hydrogens (tertiary/aromatic N) is 2. The van der Waals surface area contributed by atoms with Crippen LogP contribution in [0, 0.1) is 5.92 Å². The van der Waals surface area contributed by atoms with Crippen molar-refractivity contribution in [3.63, 3.8) is 0 Å². The summed E-state index contributed by atoms with van der Waals surface area (Å²) in [5, 5.41) is 0. The SMILES string of the molecule is O=C=NCCC(OC[C@@H]1COC2C1OC[C@@H]2OC(CCN=C=O)c1ccco1)c1ccco1. The molecule has 6 atom stereocenters. The first-order valence-electron chi connectivity index (χ1n) is 10.9. The van der Waals surface area contributed by atoms with E-state index in [0.717, 1.165) is 0 Å². The molecule has 0 amide bonds. The summed E-state index contributed by atoms with van der Waals surface area (Å²) in [6.07, 6.45) is 5.88. The topological polar surface area (TPSA) is 122 Å². The average molecular weight is 458 g/mol. The molecule has 2 aliphatic heterocycles. The second kappa shape index (κ2) is 11.9. The van der Waals surface area contributed by atoms with E-state index in [1.165, 1.54) is 0 Å². The highest BCUT2D eigenvalue weighted by atomic mass is 16.6. The number of fused-ring (bicyclic) bond motifs is 1. The van der Waals surface area contributed by atoms with Gasteiger partial charge in [0.15, 0.2) is 0 Å². The molecule has 0 bridgehead atoms. The minimum Gasteiger partial charge on any atom is -0.467 e. The largest absolute Gasteiger partial charge is 0.467 e. The number of isocyanates is 2. The summed E-state index contributed by atoms with van der Waals surface area (Å²) >= 11 is 0. The van der Waals surface area contributed by atoms with Gasteiger partial charge in [-0.15, -0.1) is 0 Å². The van der Waals surface area contributed by atoms with Crippen molar-refractivity contribution in [3.05, 3.63) is 48.3 Å². The molecule has 2 aromatic heterocycles. The molecule has 2 fully saturated rings. The third-order valence-electron chi connectivity index (χ3n) is 5.82. The summed E-state index contributed by atoms with van der Waals surface area (Å²) in [5.74, 6) is 1.37. The minimum atomic E-state index is -0.370. The molecule has 0 N–H and O–H groups in total. The normalized spacial score (nSPS) is 25.7. The first-order chi connectivity index (χ1) is 16.3. The first kappa shape index (κ1) is 23.3. The predicted octanol–water partition coefficient (Wildman–Crippen LogP) is 2.92. The van der Waals surface area contributed by atoms with Crippen molar-refractivity contribution in [2.45, 2.75) is 43.4 Å². The number of carbonyl (C=O) groups excluding carboxylic acids is 2. The standard InChI is InChI=1S/C23H26N2O8/c26-14-24-7-5-19(17-3-1-9-28-17)30-11-16-12-31-23-21(13-32-22(16)23)33-20(6-8-25-15-27)18-4-2-10-29-18/h1-4,9-10,16,19-23H,5-8,11-13H2/t16-,19?,20?,21+,22?,23?/m1/s1. The molecule has 0 saturated carbocycles. The van der Waals surface area contributed by atoms with Gasteiger partial charge in [-0.05, 0) is 24.3 Å². The Bertz CT molecular complexity index is 934. The van der Waals surface area contributed by atoms with Crippen LogP contribution < -0.4 is 0 Å². The summed E-state index contributed by atoms with van der Waals surface area (Å²) in [6, 6.07) is 7.25. The van der Waals surface area contributed by atoms with Gasteiger partial charge in [-0.3, -0.25) is 0 Å². The zero-order valence-corrected chi connectivity index (χ0v) is 18.0. The van der Waals surface area contributed by atoms with Gasteiger partial charge in [-0.25, -0.2) is 19.6 Å². The molecule has 0 aromatic carbocycles. The van der Waals surface area contributed by atoms with Crippen LogP contribution in [0.15, 0.2) is 55.6 Å². The van der Waals surface area contributed by atoms with Crippen LogP contribution in [0.4, 0.5) is 0 Å². The smallest absolute Gasteiger partial charge is 0.234 e. The number of hydrogen-bond acceptors (Lipinski definition) is 10. The number of hydrogen-bond donors (Lipinski definition) is 0. The van der Waals surface area contributed by atoms with Crippen LogP contribution in [-0.2, 0) is 28.5 Å². The Hall–Kier alpha value is -2.84. The van der Waals surface area contributed by atoms with Crippen LogP contribution >= 0.6 is 0 Å². The van der Waals surface area contributed by atoms with Crippen molar-refractivity contribution in [1.29, 1.82) is 0 Å². The Morgan fingerprint density at radius 3 is 2.18 bits per heavy atom. The van der Waals surface area contributed by atoms with Crippen molar-refractivity contribution >= 4 is 12.2 Å². The summed E-state index contributed by atoms with van der Waals surface area (Å²) < 4.78 is 35.4. The summed E-state index contributed by atoms with van der Waals surface area (Å²) in [5.41, 5.74) is 0. The summed E-state index contributed by atoms with van der Waals surface area (Å²) in [6.45, 7) is 1.86. The van der Waals surface area contributed by atoms with E-state index >= 15 is 0 Å². The fraction of sp³-hybridized carbons (Fsp3) is 0.565. The molecule has 10 nitrogen and oxygen atoms in total. The first-order valence-corrected chi connectivity index (χ1v) is 10.9. The summed E-state index contributed by atoms with van der Waals surface area (Å²) in [4.78, 5) is 28.0. The van der Waals surface area contributed by atoms with Crippen molar-refractivity contribution in [3.8, 4) is 0 Å². The fourth-order valence-electron chi connectivity index (χ4n) is 4.24. The van der Waals surface area contributed by atoms with E-state index in [9.17, 15) is 9.59 Å². The van der Waals surface area contributed by atoms with Crippen LogP contribution in [0.1, 0.15) is 36.6 Å². The van der Waals surface area contributed by atoms with Gasteiger partial charge in [0, 0.05) is 18.8 Å². The Morgan fingerprint density at radius 2 is 1.55 bits per heavy atom. The van der Waals surface area contributed by atoms with E-state index < -0.39 is 0 Å². The van der Waals surface area contributed by atoms with E-state index in [1.807, 2.05) is 12.1 Å². The number of furan rings is 2. The quantitative estimate of drug-likeness (QED) is 0.332. The molecule has 4 unspecified atom stereocenters. The molecule has 4 heterocycles. The Kier molecular flexibility index (Phi) is 8.38. The lowest BCUT2D eigenvalue weighted by Crippen LogP contribution is -2.33. The maximum atomic E-state index is 10.4. The Labute approximate surface area is 190 Å². The maximum Gasteiger partial charge on any atom is 0.234 e. The molecule has 10 heteroatoms. The summed E-state index contributed by atoms with van der Waals surface area (Å²) in [7, 11) is 0. The molecule has 0 spiro atoms. The third-order valence-corrected chi connectivity index (χ3v) is 5.82. The van der Waals surface area contributed by atoms with Gasteiger partial charge in [-0.2, -0.15) is 0 Å². The lowest BCUT2D eigenvalue weighted by atomic mass is 10.0. The van der Waals surface area contributed by atoms with E-state index in [1.54, 1.807) is 36.8 Å². The van der Waals surface area contributed by atoms with Gasteiger partial charge in [-0.1, -0.05) is 0 Å². The van der Waals surface area contributed by atoms with Crippen molar-refractivity contribution in [2.75, 3.05) is 32.9 Å². The van der Waals surface area contributed by atoms with Crippen LogP contribution in [0.5, 0.6) is 0 Å². The fourth-order valence-corrected chi connectivity index (χ4v) is 4.24. The molecular formula is C23H26N2O8. The van der Waals surface area contributed by atoms with Crippen molar-refractivity contribution in [1.82, 2.24) is 0 Å².